The predicted molar refractivity (Wildman–Crippen MR) is 115 cm³/mol. The zero-order valence-electron chi connectivity index (χ0n) is 17.5. The smallest absolute Gasteiger partial charge is 0.198 e. The van der Waals surface area contributed by atoms with Crippen molar-refractivity contribution in [2.24, 2.45) is 7.05 Å². The molecule has 1 aliphatic carbocycles. The van der Waals surface area contributed by atoms with Gasteiger partial charge in [-0.05, 0) is 73.7 Å². The molecule has 1 aliphatic rings. The number of fused-ring (bicyclic) bond motifs is 1. The molecule has 2 aromatic carbocycles. The number of nitrogens with zero attached hydrogens (tertiary/aromatic N) is 1. The molecular formula is C26H32N+. The first kappa shape index (κ1) is 18.2. The van der Waals surface area contributed by atoms with E-state index in [0.717, 1.165) is 5.92 Å². The molecule has 3 aromatic rings. The van der Waals surface area contributed by atoms with Crippen LogP contribution < -0.4 is 4.57 Å². The van der Waals surface area contributed by atoms with Crippen LogP contribution in [-0.4, -0.2) is 0 Å². The summed E-state index contributed by atoms with van der Waals surface area (Å²) in [5.74, 6) is 0.736. The van der Waals surface area contributed by atoms with Crippen LogP contribution in [0.1, 0.15) is 66.0 Å². The molecule has 0 saturated heterocycles. The van der Waals surface area contributed by atoms with Crippen molar-refractivity contribution in [1.82, 2.24) is 0 Å². The average molecular weight is 359 g/mol. The number of hydrogen-bond donors (Lipinski definition) is 0. The molecule has 4 rings (SSSR count). The molecule has 27 heavy (non-hydrogen) atoms. The topological polar surface area (TPSA) is 3.88 Å². The number of aryl methyl sites for hydroxylation is 3. The zero-order valence-corrected chi connectivity index (χ0v) is 17.5. The first-order valence-electron chi connectivity index (χ1n) is 10.5. The van der Waals surface area contributed by atoms with Gasteiger partial charge in [0.1, 0.15) is 7.05 Å². The second kappa shape index (κ2) is 7.11. The van der Waals surface area contributed by atoms with Crippen LogP contribution in [-0.2, 0) is 7.05 Å². The van der Waals surface area contributed by atoms with Crippen LogP contribution in [0.15, 0.2) is 36.4 Å². The number of aromatic nitrogens is 1. The summed E-state index contributed by atoms with van der Waals surface area (Å²) in [6, 6.07) is 14.1. The predicted octanol–water partition coefficient (Wildman–Crippen LogP) is 6.61. The van der Waals surface area contributed by atoms with E-state index in [2.05, 4.69) is 75.7 Å². The molecule has 0 amide bonds. The summed E-state index contributed by atoms with van der Waals surface area (Å²) in [6.07, 6.45) is 6.87. The van der Waals surface area contributed by atoms with Crippen molar-refractivity contribution in [3.8, 4) is 11.3 Å². The molecule has 0 bridgehead atoms. The molecule has 1 heteroatoms. The summed E-state index contributed by atoms with van der Waals surface area (Å²) in [4.78, 5) is 0. The van der Waals surface area contributed by atoms with Crippen molar-refractivity contribution >= 4 is 10.8 Å². The van der Waals surface area contributed by atoms with Gasteiger partial charge >= 0.3 is 0 Å². The molecule has 0 radical (unpaired) electrons. The minimum Gasteiger partial charge on any atom is -0.198 e. The lowest BCUT2D eigenvalue weighted by molar-refractivity contribution is -0.665. The molecule has 0 unspecified atom stereocenters. The number of benzene rings is 2. The highest BCUT2D eigenvalue weighted by atomic mass is 14.9. The van der Waals surface area contributed by atoms with Gasteiger partial charge in [0.15, 0.2) is 5.69 Å². The van der Waals surface area contributed by atoms with E-state index in [4.69, 9.17) is 0 Å². The van der Waals surface area contributed by atoms with Crippen molar-refractivity contribution < 1.29 is 4.57 Å². The molecule has 1 heterocycles. The average Bonchev–Trinajstić information content (AvgIpc) is 2.67. The van der Waals surface area contributed by atoms with Crippen molar-refractivity contribution in [2.45, 2.75) is 65.7 Å². The SMILES string of the molecule is Cc1ccc2cc(C)[n+](C)c(-c3cc(C4CCCCC4)cc(C)c3C)c2c1. The zero-order chi connectivity index (χ0) is 19.1. The van der Waals surface area contributed by atoms with Gasteiger partial charge in [-0.1, -0.05) is 43.0 Å². The van der Waals surface area contributed by atoms with Gasteiger partial charge < -0.3 is 0 Å². The Morgan fingerprint density at radius 3 is 2.33 bits per heavy atom. The largest absolute Gasteiger partial charge is 0.220 e. The third-order valence-corrected chi connectivity index (χ3v) is 6.71. The molecule has 0 spiro atoms. The molecule has 0 atom stereocenters. The van der Waals surface area contributed by atoms with E-state index < -0.39 is 0 Å². The number of rotatable bonds is 2. The minimum atomic E-state index is 0.736. The highest BCUT2D eigenvalue weighted by Gasteiger charge is 2.23. The maximum Gasteiger partial charge on any atom is 0.220 e. The summed E-state index contributed by atoms with van der Waals surface area (Å²) in [6.45, 7) is 8.99. The van der Waals surface area contributed by atoms with Gasteiger partial charge in [0, 0.05) is 13.0 Å². The van der Waals surface area contributed by atoms with Crippen molar-refractivity contribution in [3.05, 3.63) is 64.3 Å². The Kier molecular flexibility index (Phi) is 4.80. The number of pyridine rings is 1. The minimum absolute atomic E-state index is 0.736. The molecule has 1 fully saturated rings. The second-order valence-electron chi connectivity index (χ2n) is 8.63. The highest BCUT2D eigenvalue weighted by molar-refractivity contribution is 5.94. The van der Waals surface area contributed by atoms with Crippen LogP contribution >= 0.6 is 0 Å². The van der Waals surface area contributed by atoms with E-state index in [-0.39, 0.29) is 0 Å². The fourth-order valence-corrected chi connectivity index (χ4v) is 4.81. The van der Waals surface area contributed by atoms with E-state index in [9.17, 15) is 0 Å². The van der Waals surface area contributed by atoms with Crippen LogP contribution in [0, 0.1) is 27.7 Å². The molecule has 0 N–H and O–H groups in total. The molecule has 1 aromatic heterocycles. The molecular weight excluding hydrogens is 326 g/mol. The van der Waals surface area contributed by atoms with Crippen molar-refractivity contribution in [1.29, 1.82) is 0 Å². The lowest BCUT2D eigenvalue weighted by Crippen LogP contribution is -2.35. The Balaban J connectivity index is 1.99. The molecule has 140 valence electrons. The van der Waals surface area contributed by atoms with Gasteiger partial charge in [-0.3, -0.25) is 0 Å². The van der Waals surface area contributed by atoms with E-state index >= 15 is 0 Å². The maximum atomic E-state index is 2.51. The van der Waals surface area contributed by atoms with E-state index in [0.29, 0.717) is 0 Å². The Hall–Kier alpha value is -2.15. The fraction of sp³-hybridized carbons (Fsp3) is 0.423. The second-order valence-corrected chi connectivity index (χ2v) is 8.63. The monoisotopic (exact) mass is 358 g/mol. The van der Waals surface area contributed by atoms with Gasteiger partial charge in [0.05, 0.1) is 10.9 Å². The van der Waals surface area contributed by atoms with Crippen LogP contribution in [0.3, 0.4) is 0 Å². The van der Waals surface area contributed by atoms with Gasteiger partial charge in [-0.25, -0.2) is 0 Å². The van der Waals surface area contributed by atoms with Gasteiger partial charge in [-0.15, -0.1) is 0 Å². The molecule has 1 saturated carbocycles. The van der Waals surface area contributed by atoms with E-state index in [1.165, 1.54) is 76.5 Å². The standard InChI is InChI=1S/C26H32N/c1-17-11-12-22-15-19(3)27(5)26(25(22)13-17)24-16-23(14-18(2)20(24)4)21-9-7-6-8-10-21/h11-16,21H,6-10H2,1-5H3/q+1. The lowest BCUT2D eigenvalue weighted by Gasteiger charge is -2.24. The summed E-state index contributed by atoms with van der Waals surface area (Å²) < 4.78 is 2.38. The third kappa shape index (κ3) is 3.29. The number of hydrogen-bond acceptors (Lipinski definition) is 0. The Bertz CT molecular complexity index is 1010. The first-order valence-corrected chi connectivity index (χ1v) is 10.5. The van der Waals surface area contributed by atoms with Gasteiger partial charge in [0.2, 0.25) is 5.69 Å². The van der Waals surface area contributed by atoms with Gasteiger partial charge in [-0.2, -0.15) is 4.57 Å². The maximum absolute atomic E-state index is 2.51. The van der Waals surface area contributed by atoms with Crippen molar-refractivity contribution in [2.75, 3.05) is 0 Å². The van der Waals surface area contributed by atoms with Crippen LogP contribution in [0.25, 0.3) is 22.0 Å². The van der Waals surface area contributed by atoms with Crippen LogP contribution in [0.5, 0.6) is 0 Å². The summed E-state index contributed by atoms with van der Waals surface area (Å²) in [5.41, 5.74) is 9.81. The molecule has 1 nitrogen and oxygen atoms in total. The summed E-state index contributed by atoms with van der Waals surface area (Å²) >= 11 is 0. The van der Waals surface area contributed by atoms with Gasteiger partial charge in [0.25, 0.3) is 0 Å². The Morgan fingerprint density at radius 2 is 1.59 bits per heavy atom. The quantitative estimate of drug-likeness (QED) is 0.454. The highest BCUT2D eigenvalue weighted by Crippen LogP contribution is 2.37. The molecule has 0 aliphatic heterocycles. The third-order valence-electron chi connectivity index (χ3n) is 6.71. The Labute approximate surface area is 164 Å². The summed E-state index contributed by atoms with van der Waals surface area (Å²) in [7, 11) is 2.22. The van der Waals surface area contributed by atoms with E-state index in [1.54, 1.807) is 5.56 Å². The Morgan fingerprint density at radius 1 is 0.852 bits per heavy atom. The van der Waals surface area contributed by atoms with Crippen LogP contribution in [0.2, 0.25) is 0 Å². The van der Waals surface area contributed by atoms with E-state index in [1.807, 2.05) is 0 Å². The normalized spacial score (nSPS) is 15.4. The van der Waals surface area contributed by atoms with Crippen LogP contribution in [0.4, 0.5) is 0 Å². The lowest BCUT2D eigenvalue weighted by atomic mass is 9.81. The fourth-order valence-electron chi connectivity index (χ4n) is 4.81. The first-order chi connectivity index (χ1) is 13.0. The summed E-state index contributed by atoms with van der Waals surface area (Å²) in [5, 5.41) is 2.71. The van der Waals surface area contributed by atoms with Crippen molar-refractivity contribution in [3.63, 3.8) is 0 Å².